The van der Waals surface area contributed by atoms with Gasteiger partial charge in [0.2, 0.25) is 0 Å². The monoisotopic (exact) mass is 949 g/mol. The van der Waals surface area contributed by atoms with E-state index < -0.39 is 109 Å². The highest BCUT2D eigenvalue weighted by Gasteiger charge is 2.30. The fourth-order valence-electron chi connectivity index (χ4n) is 8.39. The Morgan fingerprint density at radius 1 is 0.851 bits per heavy atom. The summed E-state index contributed by atoms with van der Waals surface area (Å²) < 4.78 is 16.7. The number of carbonyl (C=O) groups is 8. The molecular formula is C51H80O16. The Hall–Kier alpha value is -4.86. The van der Waals surface area contributed by atoms with E-state index in [4.69, 9.17) is 19.3 Å². The Labute approximate surface area is 397 Å². The predicted molar refractivity (Wildman–Crippen MR) is 249 cm³/mol. The van der Waals surface area contributed by atoms with Gasteiger partial charge in [0.05, 0.1) is 55.6 Å². The lowest BCUT2D eigenvalue weighted by Gasteiger charge is -2.26. The quantitative estimate of drug-likeness (QED) is 0.0262. The van der Waals surface area contributed by atoms with Gasteiger partial charge in [-0.2, -0.15) is 0 Å². The minimum Gasteiger partial charge on any atom is -0.481 e. The number of carbonyl (C=O) groups excluding carboxylic acids is 4. The average Bonchev–Trinajstić information content (AvgIpc) is 3.23. The van der Waals surface area contributed by atoms with Crippen LogP contribution >= 0.6 is 0 Å². The summed E-state index contributed by atoms with van der Waals surface area (Å²) in [5.74, 6) is -11.5. The minimum atomic E-state index is -1.40. The first-order valence-corrected chi connectivity index (χ1v) is 24.1. The fourth-order valence-corrected chi connectivity index (χ4v) is 8.39. The van der Waals surface area contributed by atoms with E-state index in [2.05, 4.69) is 0 Å². The second-order valence-electron chi connectivity index (χ2n) is 19.1. The van der Waals surface area contributed by atoms with Crippen LogP contribution in [-0.4, -0.2) is 98.0 Å². The van der Waals surface area contributed by atoms with Gasteiger partial charge in [0.15, 0.2) is 0 Å². The number of unbranched alkanes of at least 4 members (excludes halogenated alkanes) is 2. The van der Waals surface area contributed by atoms with Crippen LogP contribution in [0.2, 0.25) is 0 Å². The van der Waals surface area contributed by atoms with E-state index in [9.17, 15) is 58.8 Å². The number of hydrogen-bond donors (Lipinski definition) is 5. The van der Waals surface area contributed by atoms with Crippen molar-refractivity contribution in [1.82, 2.24) is 0 Å². The van der Waals surface area contributed by atoms with E-state index in [0.717, 1.165) is 18.4 Å². The van der Waals surface area contributed by atoms with E-state index in [1.807, 2.05) is 65.8 Å². The average molecular weight is 949 g/mol. The summed E-state index contributed by atoms with van der Waals surface area (Å²) in [5.41, 5.74) is 1.70. The van der Waals surface area contributed by atoms with Crippen molar-refractivity contribution in [2.24, 2.45) is 47.3 Å². The lowest BCUT2D eigenvalue weighted by molar-refractivity contribution is -0.158. The highest BCUT2D eigenvalue weighted by Crippen LogP contribution is 2.27. The summed E-state index contributed by atoms with van der Waals surface area (Å²) in [7, 11) is 0. The molecule has 1 aliphatic heterocycles. The molecule has 67 heavy (non-hydrogen) atoms. The molecule has 0 amide bonds. The van der Waals surface area contributed by atoms with Crippen LogP contribution in [0.4, 0.5) is 0 Å². The molecule has 1 heterocycles. The molecule has 0 fully saturated rings. The molecule has 11 unspecified atom stereocenters. The lowest BCUT2D eigenvalue weighted by atomic mass is 9.86. The van der Waals surface area contributed by atoms with Crippen LogP contribution in [0.25, 0.3) is 0 Å². The smallest absolute Gasteiger partial charge is 0.307 e. The Kier molecular flexibility index (Phi) is 28.7. The summed E-state index contributed by atoms with van der Waals surface area (Å²) in [6.45, 7) is 14.8. The van der Waals surface area contributed by atoms with Crippen molar-refractivity contribution >= 4 is 47.6 Å². The van der Waals surface area contributed by atoms with E-state index in [1.165, 1.54) is 0 Å². The number of allylic oxidation sites excluding steroid dienone is 4. The Balaban J connectivity index is 3.02. The van der Waals surface area contributed by atoms with Crippen molar-refractivity contribution in [2.75, 3.05) is 6.61 Å². The van der Waals surface area contributed by atoms with Crippen molar-refractivity contribution in [3.63, 3.8) is 0 Å². The van der Waals surface area contributed by atoms with Crippen LogP contribution in [-0.2, 0) is 52.6 Å². The normalized spacial score (nSPS) is 24.1. The Morgan fingerprint density at radius 3 is 2.13 bits per heavy atom. The van der Waals surface area contributed by atoms with Gasteiger partial charge in [-0.25, -0.2) is 0 Å². The van der Waals surface area contributed by atoms with Crippen LogP contribution in [0.15, 0.2) is 35.5 Å². The van der Waals surface area contributed by atoms with Gasteiger partial charge in [-0.3, -0.25) is 38.4 Å². The van der Waals surface area contributed by atoms with Gasteiger partial charge in [-0.05, 0) is 114 Å². The van der Waals surface area contributed by atoms with Crippen molar-refractivity contribution in [3.05, 3.63) is 35.5 Å². The maximum absolute atomic E-state index is 13.3. The van der Waals surface area contributed by atoms with Crippen molar-refractivity contribution in [3.8, 4) is 0 Å². The molecule has 380 valence electrons. The molecule has 0 aromatic carbocycles. The number of aliphatic carboxylic acids is 4. The zero-order valence-electron chi connectivity index (χ0n) is 41.1. The number of ether oxygens (including phenoxy) is 3. The first kappa shape index (κ1) is 60.2. The van der Waals surface area contributed by atoms with Gasteiger partial charge in [-0.1, -0.05) is 71.4 Å². The molecule has 0 aromatic heterocycles. The number of rotatable bonds is 24. The van der Waals surface area contributed by atoms with Gasteiger partial charge in [-0.15, -0.1) is 0 Å². The molecule has 0 radical (unpaired) electrons. The maximum atomic E-state index is 13.3. The molecular weight excluding hydrogens is 869 g/mol. The predicted octanol–water partition coefficient (Wildman–Crippen LogP) is 8.76. The molecule has 0 spiro atoms. The van der Waals surface area contributed by atoms with Gasteiger partial charge >= 0.3 is 41.8 Å². The molecule has 11 atom stereocenters. The molecule has 16 nitrogen and oxygen atoms in total. The summed E-state index contributed by atoms with van der Waals surface area (Å²) >= 11 is 0. The molecule has 0 saturated heterocycles. The molecule has 0 saturated carbocycles. The highest BCUT2D eigenvalue weighted by molar-refractivity contribution is 5.84. The highest BCUT2D eigenvalue weighted by atomic mass is 16.5. The molecule has 1 aliphatic rings. The number of hydrogen-bond acceptors (Lipinski definition) is 12. The fraction of sp³-hybridized carbons (Fsp3) is 0.725. The topological polar surface area (TPSA) is 265 Å². The summed E-state index contributed by atoms with van der Waals surface area (Å²) in [5, 5.41) is 48.8. The van der Waals surface area contributed by atoms with E-state index >= 15 is 0 Å². The van der Waals surface area contributed by atoms with Crippen LogP contribution in [0.5, 0.6) is 0 Å². The first-order chi connectivity index (χ1) is 31.4. The summed E-state index contributed by atoms with van der Waals surface area (Å²) in [6.07, 6.45) is 10.6. The van der Waals surface area contributed by atoms with Crippen LogP contribution in [0, 0.1) is 47.3 Å². The van der Waals surface area contributed by atoms with E-state index in [1.54, 1.807) is 13.8 Å². The second-order valence-corrected chi connectivity index (χ2v) is 19.1. The Bertz CT molecular complexity index is 1710. The zero-order chi connectivity index (χ0) is 50.8. The number of carboxylic acid groups (broad SMARTS) is 4. The lowest BCUT2D eigenvalue weighted by Crippen LogP contribution is -2.28. The van der Waals surface area contributed by atoms with E-state index in [0.29, 0.717) is 56.9 Å². The molecule has 0 aromatic rings. The molecule has 0 bridgehead atoms. The van der Waals surface area contributed by atoms with Crippen LogP contribution in [0.1, 0.15) is 165 Å². The van der Waals surface area contributed by atoms with Crippen molar-refractivity contribution < 1.29 is 78.1 Å². The standard InChI is InChI=1S/C51H80O16/c1-9-39(25-36(7)49(59)60)43(52)21-19-38-24-33(4)22-32(3)23-35(6)48(58)34(5)17-20-42(67-47(57)29-41(51(63)64)27-45(55)65-30-38)15-13-11-10-12-14-31(2)16-18-37(8)66-46(56)28-40(50(61)62)26-44(53)54/h12,14,23-24,31,33-37,39-42,48,58H,9-11,13,15-22,25-30H2,1-8H3,(H,53,54)(H,59,60)(H,61,62)(H,63,64)/b14-12+,32-23?,38-24?. The summed E-state index contributed by atoms with van der Waals surface area (Å²) in [4.78, 5) is 97.7. The van der Waals surface area contributed by atoms with Crippen molar-refractivity contribution in [1.29, 1.82) is 0 Å². The number of Topliss-reactive ketones (excluding diaryl/α,β-unsaturated/α-hetero) is 1. The van der Waals surface area contributed by atoms with Gasteiger partial charge in [0.25, 0.3) is 0 Å². The van der Waals surface area contributed by atoms with Crippen molar-refractivity contribution in [2.45, 2.75) is 183 Å². The Morgan fingerprint density at radius 2 is 1.52 bits per heavy atom. The van der Waals surface area contributed by atoms with Crippen LogP contribution < -0.4 is 0 Å². The first-order valence-electron chi connectivity index (χ1n) is 24.1. The third-order valence-electron chi connectivity index (χ3n) is 12.5. The third kappa shape index (κ3) is 26.3. The number of esters is 3. The molecule has 1 rings (SSSR count). The molecule has 16 heteroatoms. The minimum absolute atomic E-state index is 0.0436. The van der Waals surface area contributed by atoms with Gasteiger partial charge in [0, 0.05) is 18.3 Å². The molecule has 5 N–H and O–H groups in total. The van der Waals surface area contributed by atoms with E-state index in [-0.39, 0.29) is 55.3 Å². The number of carboxylic acids is 4. The number of aliphatic hydroxyl groups excluding tert-OH is 1. The number of cyclic esters (lactones) is 2. The van der Waals surface area contributed by atoms with Crippen LogP contribution in [0.3, 0.4) is 0 Å². The number of ketones is 1. The number of aliphatic hydroxyl groups is 1. The zero-order valence-corrected chi connectivity index (χ0v) is 41.1. The maximum Gasteiger partial charge on any atom is 0.307 e. The SMILES string of the molecule is CCC(CC(C)C(=O)O)C(=O)CCC1=CC(C)CC(C)=CC(C)C(O)C(C)CCC(CCCC/C=C/C(C)CCC(C)OC(=O)CC(CC(=O)O)C(=O)O)OC(=O)CC(C(=O)O)CC(=O)OC1. The third-order valence-corrected chi connectivity index (χ3v) is 12.5. The summed E-state index contributed by atoms with van der Waals surface area (Å²) in [6, 6.07) is 0. The van der Waals surface area contributed by atoms with Gasteiger partial charge in [0.1, 0.15) is 18.5 Å². The van der Waals surface area contributed by atoms with Gasteiger partial charge < -0.3 is 39.7 Å². The largest absolute Gasteiger partial charge is 0.481 e. The second kappa shape index (κ2) is 32.0. The molecule has 0 aliphatic carbocycles.